The molecular weight excluding hydrogens is 315 g/mol. The molecule has 3 unspecified atom stereocenters. The first kappa shape index (κ1) is 16.7. The fraction of sp³-hybridized carbons (Fsp3) is 0.571. The first-order valence-corrected chi connectivity index (χ1v) is 8.54. The van der Waals surface area contributed by atoms with Gasteiger partial charge in [-0.25, -0.2) is 17.1 Å². The molecule has 1 aromatic carbocycles. The summed E-state index contributed by atoms with van der Waals surface area (Å²) in [5, 5.41) is 0. The minimum absolute atomic E-state index is 0. The largest absolute Gasteiger partial charge is 0.327 e. The maximum absolute atomic E-state index is 13.1. The highest BCUT2D eigenvalue weighted by atomic mass is 35.5. The van der Waals surface area contributed by atoms with E-state index in [1.165, 1.54) is 22.5 Å². The number of benzene rings is 1. The highest BCUT2D eigenvalue weighted by Crippen LogP contribution is 2.38. The van der Waals surface area contributed by atoms with E-state index in [2.05, 4.69) is 0 Å². The molecule has 1 heterocycles. The second-order valence-corrected chi connectivity index (χ2v) is 7.84. The predicted molar refractivity (Wildman–Crippen MR) is 82.0 cm³/mol. The molecule has 2 fully saturated rings. The Labute approximate surface area is 131 Å². The quantitative estimate of drug-likeness (QED) is 0.916. The highest BCUT2D eigenvalue weighted by molar-refractivity contribution is 7.88. The third-order valence-corrected chi connectivity index (χ3v) is 6.29. The van der Waals surface area contributed by atoms with Crippen molar-refractivity contribution in [2.45, 2.75) is 24.6 Å². The Bertz CT molecular complexity index is 611. The van der Waals surface area contributed by atoms with Gasteiger partial charge in [0.05, 0.1) is 5.75 Å². The van der Waals surface area contributed by atoms with Crippen LogP contribution in [0.15, 0.2) is 24.3 Å². The van der Waals surface area contributed by atoms with Crippen LogP contribution in [0.2, 0.25) is 0 Å². The number of halogens is 2. The second-order valence-electron chi connectivity index (χ2n) is 5.87. The molecule has 0 aromatic heterocycles. The average molecular weight is 335 g/mol. The third kappa shape index (κ3) is 3.39. The topological polar surface area (TPSA) is 63.4 Å². The molecule has 4 nitrogen and oxygen atoms in total. The molecular formula is C14H20ClFN2O2S. The molecule has 3 atom stereocenters. The number of fused-ring (bicyclic) bond motifs is 1. The lowest BCUT2D eigenvalue weighted by atomic mass is 9.98. The van der Waals surface area contributed by atoms with Crippen molar-refractivity contribution in [3.8, 4) is 0 Å². The summed E-state index contributed by atoms with van der Waals surface area (Å²) < 4.78 is 39.5. The summed E-state index contributed by atoms with van der Waals surface area (Å²) in [6.07, 6.45) is 2.00. The monoisotopic (exact) mass is 334 g/mol. The van der Waals surface area contributed by atoms with Crippen LogP contribution < -0.4 is 5.73 Å². The lowest BCUT2D eigenvalue weighted by molar-refractivity contribution is 0.426. The standard InChI is InChI=1S/C14H19FN2O2S.ClH/c15-12-3-1-2-10(6-12)9-20(18,19)17-7-11-4-5-14(16)13(11)8-17;/h1-3,6,11,13-14H,4-5,7-9,16H2;1H. The van der Waals surface area contributed by atoms with E-state index in [1.807, 2.05) is 0 Å². The maximum Gasteiger partial charge on any atom is 0.218 e. The Kier molecular flexibility index (Phi) is 4.92. The first-order chi connectivity index (χ1) is 9.45. The van der Waals surface area contributed by atoms with Gasteiger partial charge < -0.3 is 5.73 Å². The molecule has 0 amide bonds. The Morgan fingerprint density at radius 1 is 1.29 bits per heavy atom. The van der Waals surface area contributed by atoms with Crippen LogP contribution >= 0.6 is 12.4 Å². The van der Waals surface area contributed by atoms with Crippen molar-refractivity contribution in [2.24, 2.45) is 17.6 Å². The lowest BCUT2D eigenvalue weighted by Gasteiger charge is -2.18. The zero-order valence-corrected chi connectivity index (χ0v) is 13.2. The molecule has 1 aliphatic carbocycles. The van der Waals surface area contributed by atoms with E-state index in [9.17, 15) is 12.8 Å². The van der Waals surface area contributed by atoms with Crippen LogP contribution in [0.5, 0.6) is 0 Å². The van der Waals surface area contributed by atoms with Crippen molar-refractivity contribution in [2.75, 3.05) is 13.1 Å². The summed E-state index contributed by atoms with van der Waals surface area (Å²) in [5.41, 5.74) is 6.52. The Morgan fingerprint density at radius 2 is 2.05 bits per heavy atom. The van der Waals surface area contributed by atoms with E-state index < -0.39 is 15.8 Å². The molecule has 118 valence electrons. The van der Waals surface area contributed by atoms with Gasteiger partial charge in [0.1, 0.15) is 5.82 Å². The van der Waals surface area contributed by atoms with Crippen LogP contribution in [0.1, 0.15) is 18.4 Å². The van der Waals surface area contributed by atoms with Gasteiger partial charge >= 0.3 is 0 Å². The predicted octanol–water partition coefficient (Wildman–Crippen LogP) is 1.75. The van der Waals surface area contributed by atoms with Gasteiger partial charge in [-0.2, -0.15) is 0 Å². The molecule has 0 bridgehead atoms. The minimum atomic E-state index is -3.38. The fourth-order valence-electron chi connectivity index (χ4n) is 3.42. The summed E-state index contributed by atoms with van der Waals surface area (Å²) in [6.45, 7) is 1.08. The minimum Gasteiger partial charge on any atom is -0.327 e. The maximum atomic E-state index is 13.1. The van der Waals surface area contributed by atoms with Crippen LogP contribution in [-0.4, -0.2) is 31.9 Å². The van der Waals surface area contributed by atoms with Crippen molar-refractivity contribution in [1.29, 1.82) is 0 Å². The Balaban J connectivity index is 0.00000161. The van der Waals surface area contributed by atoms with Crippen LogP contribution in [0, 0.1) is 17.7 Å². The number of nitrogens with zero attached hydrogens (tertiary/aromatic N) is 1. The summed E-state index contributed by atoms with van der Waals surface area (Å²) in [5.74, 6) is 0.141. The molecule has 2 aliphatic rings. The van der Waals surface area contributed by atoms with E-state index in [4.69, 9.17) is 5.73 Å². The van der Waals surface area contributed by atoms with E-state index in [0.29, 0.717) is 24.6 Å². The Morgan fingerprint density at radius 3 is 2.71 bits per heavy atom. The van der Waals surface area contributed by atoms with Crippen molar-refractivity contribution in [3.63, 3.8) is 0 Å². The van der Waals surface area contributed by atoms with Gasteiger partial charge in [0, 0.05) is 19.1 Å². The molecule has 1 aliphatic heterocycles. The lowest BCUT2D eigenvalue weighted by Crippen LogP contribution is -2.34. The van der Waals surface area contributed by atoms with Gasteiger partial charge in [-0.1, -0.05) is 12.1 Å². The first-order valence-electron chi connectivity index (χ1n) is 6.93. The van der Waals surface area contributed by atoms with Crippen molar-refractivity contribution in [1.82, 2.24) is 4.31 Å². The van der Waals surface area contributed by atoms with Gasteiger partial charge in [0.2, 0.25) is 10.0 Å². The second kappa shape index (κ2) is 6.20. The number of hydrogen-bond donors (Lipinski definition) is 1. The van der Waals surface area contributed by atoms with Gasteiger partial charge in [-0.3, -0.25) is 0 Å². The van der Waals surface area contributed by atoms with E-state index in [1.54, 1.807) is 6.07 Å². The summed E-state index contributed by atoms with van der Waals surface area (Å²) in [4.78, 5) is 0. The van der Waals surface area contributed by atoms with Crippen LogP contribution in [0.25, 0.3) is 0 Å². The van der Waals surface area contributed by atoms with Gasteiger partial charge in [-0.05, 0) is 42.4 Å². The molecule has 3 rings (SSSR count). The number of nitrogens with two attached hydrogens (primary N) is 1. The average Bonchev–Trinajstić information content (AvgIpc) is 2.92. The van der Waals surface area contributed by atoms with Crippen LogP contribution in [0.3, 0.4) is 0 Å². The van der Waals surface area contributed by atoms with Crippen molar-refractivity contribution < 1.29 is 12.8 Å². The van der Waals surface area contributed by atoms with E-state index >= 15 is 0 Å². The van der Waals surface area contributed by atoms with E-state index in [-0.39, 0.29) is 30.1 Å². The molecule has 0 radical (unpaired) electrons. The third-order valence-electron chi connectivity index (χ3n) is 4.51. The zero-order chi connectivity index (χ0) is 14.3. The molecule has 0 spiro atoms. The summed E-state index contributed by atoms with van der Waals surface area (Å²) >= 11 is 0. The highest BCUT2D eigenvalue weighted by Gasteiger charge is 2.44. The number of rotatable bonds is 3. The number of hydrogen-bond acceptors (Lipinski definition) is 3. The van der Waals surface area contributed by atoms with E-state index in [0.717, 1.165) is 12.8 Å². The Hall–Kier alpha value is -0.690. The molecule has 1 saturated carbocycles. The fourth-order valence-corrected chi connectivity index (χ4v) is 5.02. The molecule has 21 heavy (non-hydrogen) atoms. The normalized spacial score (nSPS) is 29.1. The zero-order valence-electron chi connectivity index (χ0n) is 11.6. The molecule has 2 N–H and O–H groups in total. The van der Waals surface area contributed by atoms with Gasteiger partial charge in [0.25, 0.3) is 0 Å². The van der Waals surface area contributed by atoms with Gasteiger partial charge in [-0.15, -0.1) is 12.4 Å². The smallest absolute Gasteiger partial charge is 0.218 e. The molecule has 7 heteroatoms. The van der Waals surface area contributed by atoms with Crippen LogP contribution in [-0.2, 0) is 15.8 Å². The van der Waals surface area contributed by atoms with Gasteiger partial charge in [0.15, 0.2) is 0 Å². The summed E-state index contributed by atoms with van der Waals surface area (Å²) in [7, 11) is -3.38. The molecule has 1 aromatic rings. The SMILES string of the molecule is Cl.NC1CCC2CN(S(=O)(=O)Cc3cccc(F)c3)CC12. The number of sulfonamides is 1. The molecule has 1 saturated heterocycles. The summed E-state index contributed by atoms with van der Waals surface area (Å²) in [6, 6.07) is 5.89. The van der Waals surface area contributed by atoms with Crippen LogP contribution in [0.4, 0.5) is 4.39 Å². The van der Waals surface area contributed by atoms with Crippen molar-refractivity contribution >= 4 is 22.4 Å². The van der Waals surface area contributed by atoms with Crippen molar-refractivity contribution in [3.05, 3.63) is 35.6 Å².